The Labute approximate surface area is 98.4 Å². The Bertz CT molecular complexity index is 600. The van der Waals surface area contributed by atoms with Crippen LogP contribution in [-0.2, 0) is 6.42 Å². The van der Waals surface area contributed by atoms with E-state index in [1.165, 1.54) is 0 Å². The van der Waals surface area contributed by atoms with Crippen molar-refractivity contribution < 1.29 is 0 Å². The summed E-state index contributed by atoms with van der Waals surface area (Å²) in [4.78, 5) is 6.99. The fraction of sp³-hybridized carbons (Fsp3) is 0.167. The Kier molecular flexibility index (Phi) is 3.11. The molecule has 0 fully saturated rings. The molecule has 2 aromatic rings. The summed E-state index contributed by atoms with van der Waals surface area (Å²) in [6.45, 7) is 0.596. The van der Waals surface area contributed by atoms with Crippen molar-refractivity contribution in [3.05, 3.63) is 35.7 Å². The quantitative estimate of drug-likeness (QED) is 0.647. The topological polar surface area (TPSA) is 51.9 Å². The number of aliphatic imine (C=N–C) groups is 1. The van der Waals surface area contributed by atoms with Crippen molar-refractivity contribution in [2.24, 2.45) is 4.99 Å². The highest BCUT2D eigenvalue weighted by Crippen LogP contribution is 2.22. The maximum absolute atomic E-state index is 8.99. The van der Waals surface area contributed by atoms with Crippen molar-refractivity contribution in [2.45, 2.75) is 6.42 Å². The van der Waals surface area contributed by atoms with Crippen LogP contribution < -0.4 is 0 Å². The largest absolute Gasteiger partial charge is 0.349 e. The number of aromatic nitrogens is 1. The van der Waals surface area contributed by atoms with Gasteiger partial charge in [-0.3, -0.25) is 0 Å². The average Bonchev–Trinajstić information content (AvgIpc) is 2.68. The molecule has 1 heterocycles. The summed E-state index contributed by atoms with van der Waals surface area (Å²) in [7, 11) is 0. The maximum atomic E-state index is 8.99. The summed E-state index contributed by atoms with van der Waals surface area (Å²) in [5.74, 6) is 0. The average molecular weight is 227 g/mol. The Hall–Kier alpha value is -1.95. The van der Waals surface area contributed by atoms with Gasteiger partial charge in [0.1, 0.15) is 11.8 Å². The molecule has 1 N–H and O–H groups in total. The van der Waals surface area contributed by atoms with Gasteiger partial charge in [-0.2, -0.15) is 5.26 Å². The molecule has 78 valence electrons. The van der Waals surface area contributed by atoms with Gasteiger partial charge in [0.2, 0.25) is 0 Å². The lowest BCUT2D eigenvalue weighted by atomic mass is 10.1. The molecule has 0 amide bonds. The van der Waals surface area contributed by atoms with Gasteiger partial charge in [0.15, 0.2) is 0 Å². The monoisotopic (exact) mass is 227 g/mol. The van der Waals surface area contributed by atoms with Gasteiger partial charge < -0.3 is 4.98 Å². The Morgan fingerprint density at radius 3 is 2.75 bits per heavy atom. The predicted octanol–water partition coefficient (Wildman–Crippen LogP) is 2.68. The predicted molar refractivity (Wildman–Crippen MR) is 66.6 cm³/mol. The fourth-order valence-corrected chi connectivity index (χ4v) is 1.84. The number of nitrogens with zero attached hydrogens (tertiary/aromatic N) is 2. The number of thiocarbonyl (C=S) groups is 1. The van der Waals surface area contributed by atoms with E-state index in [0.717, 1.165) is 22.9 Å². The SMILES string of the molecule is N#Cc1[nH]c(CCN=C=S)c2ccccc12. The molecule has 0 saturated heterocycles. The van der Waals surface area contributed by atoms with Crippen LogP contribution in [0.3, 0.4) is 0 Å². The fourth-order valence-electron chi connectivity index (χ4n) is 1.75. The molecule has 0 aliphatic carbocycles. The number of nitriles is 1. The van der Waals surface area contributed by atoms with Gasteiger partial charge >= 0.3 is 0 Å². The van der Waals surface area contributed by atoms with E-state index in [4.69, 9.17) is 5.26 Å². The molecule has 4 heteroatoms. The molecule has 16 heavy (non-hydrogen) atoms. The number of hydrogen-bond acceptors (Lipinski definition) is 3. The lowest BCUT2D eigenvalue weighted by molar-refractivity contribution is 0.946. The molecule has 3 nitrogen and oxygen atoms in total. The summed E-state index contributed by atoms with van der Waals surface area (Å²) in [6, 6.07) is 9.99. The summed E-state index contributed by atoms with van der Waals surface area (Å²) < 4.78 is 0. The second-order valence-corrected chi connectivity index (χ2v) is 3.54. The van der Waals surface area contributed by atoms with E-state index in [-0.39, 0.29) is 0 Å². The zero-order valence-electron chi connectivity index (χ0n) is 8.53. The maximum Gasteiger partial charge on any atom is 0.125 e. The number of aromatic amines is 1. The minimum Gasteiger partial charge on any atom is -0.349 e. The number of fused-ring (bicyclic) bond motifs is 1. The standard InChI is InChI=1S/C12H9N3S/c13-7-12-10-4-2-1-3-9(10)11(15-12)5-6-14-8-16/h1-4,15H,5-6H2. The van der Waals surface area contributed by atoms with Crippen molar-refractivity contribution in [2.75, 3.05) is 6.54 Å². The second kappa shape index (κ2) is 4.71. The third kappa shape index (κ3) is 1.87. The molecule has 1 aromatic carbocycles. The van der Waals surface area contributed by atoms with Crippen LogP contribution >= 0.6 is 12.2 Å². The van der Waals surface area contributed by atoms with E-state index in [2.05, 4.69) is 33.4 Å². The van der Waals surface area contributed by atoms with Crippen molar-refractivity contribution in [3.63, 3.8) is 0 Å². The Morgan fingerprint density at radius 1 is 1.31 bits per heavy atom. The van der Waals surface area contributed by atoms with Crippen molar-refractivity contribution in [1.82, 2.24) is 4.98 Å². The Balaban J connectivity index is 2.46. The van der Waals surface area contributed by atoms with Crippen LogP contribution in [0.1, 0.15) is 11.4 Å². The van der Waals surface area contributed by atoms with Gasteiger partial charge in [-0.25, -0.2) is 4.99 Å². The van der Waals surface area contributed by atoms with Crippen LogP contribution in [0.4, 0.5) is 0 Å². The minimum absolute atomic E-state index is 0.596. The van der Waals surface area contributed by atoms with Crippen molar-refractivity contribution in [1.29, 1.82) is 5.26 Å². The van der Waals surface area contributed by atoms with Crippen LogP contribution in [0.5, 0.6) is 0 Å². The van der Waals surface area contributed by atoms with Gasteiger partial charge in [0.25, 0.3) is 0 Å². The van der Waals surface area contributed by atoms with E-state index in [0.29, 0.717) is 12.2 Å². The molecule has 1 aromatic heterocycles. The highest BCUT2D eigenvalue weighted by molar-refractivity contribution is 7.78. The molecule has 0 atom stereocenters. The number of H-pyrrole nitrogens is 1. The summed E-state index contributed by atoms with van der Waals surface area (Å²) in [5.41, 5.74) is 1.64. The second-order valence-electron chi connectivity index (χ2n) is 3.36. The lowest BCUT2D eigenvalue weighted by Gasteiger charge is -1.94. The summed E-state index contributed by atoms with van der Waals surface area (Å²) in [6.07, 6.45) is 0.742. The molecular formula is C12H9N3S. The number of hydrogen-bond donors (Lipinski definition) is 1. The van der Waals surface area contributed by atoms with Crippen molar-refractivity contribution in [3.8, 4) is 6.07 Å². The van der Waals surface area contributed by atoms with Crippen LogP contribution in [-0.4, -0.2) is 16.7 Å². The van der Waals surface area contributed by atoms with Gasteiger partial charge in [-0.15, -0.1) is 0 Å². The molecule has 0 aliphatic rings. The molecule has 0 spiro atoms. The van der Waals surface area contributed by atoms with Crippen LogP contribution in [0.15, 0.2) is 29.3 Å². The highest BCUT2D eigenvalue weighted by Gasteiger charge is 2.08. The molecule has 2 rings (SSSR count). The summed E-state index contributed by atoms with van der Waals surface area (Å²) in [5, 5.41) is 13.4. The third-order valence-corrected chi connectivity index (χ3v) is 2.58. The third-order valence-electron chi connectivity index (χ3n) is 2.45. The van der Waals surface area contributed by atoms with E-state index in [1.807, 2.05) is 24.3 Å². The van der Waals surface area contributed by atoms with Crippen molar-refractivity contribution >= 4 is 28.2 Å². The van der Waals surface area contributed by atoms with Crippen LogP contribution in [0, 0.1) is 11.3 Å². The molecule has 0 unspecified atom stereocenters. The molecular weight excluding hydrogens is 218 g/mol. The molecule has 0 aliphatic heterocycles. The number of rotatable bonds is 3. The number of nitrogens with one attached hydrogen (secondary N) is 1. The zero-order chi connectivity index (χ0) is 11.4. The first-order valence-electron chi connectivity index (χ1n) is 4.90. The van der Waals surface area contributed by atoms with Gasteiger partial charge in [-0.1, -0.05) is 24.3 Å². The zero-order valence-corrected chi connectivity index (χ0v) is 9.34. The van der Waals surface area contributed by atoms with Crippen LogP contribution in [0.2, 0.25) is 0 Å². The first kappa shape index (κ1) is 10.6. The molecule has 0 saturated carbocycles. The number of benzene rings is 1. The van der Waals surface area contributed by atoms with Crippen LogP contribution in [0.25, 0.3) is 10.8 Å². The van der Waals surface area contributed by atoms with Gasteiger partial charge in [-0.05, 0) is 12.2 Å². The smallest absolute Gasteiger partial charge is 0.125 e. The molecule has 0 bridgehead atoms. The van der Waals surface area contributed by atoms with E-state index in [9.17, 15) is 0 Å². The van der Waals surface area contributed by atoms with E-state index in [1.54, 1.807) is 0 Å². The lowest BCUT2D eigenvalue weighted by Crippen LogP contribution is -1.89. The van der Waals surface area contributed by atoms with E-state index >= 15 is 0 Å². The van der Waals surface area contributed by atoms with Gasteiger partial charge in [0, 0.05) is 22.9 Å². The minimum atomic E-state index is 0.596. The highest BCUT2D eigenvalue weighted by atomic mass is 32.1. The van der Waals surface area contributed by atoms with E-state index < -0.39 is 0 Å². The summed E-state index contributed by atoms with van der Waals surface area (Å²) >= 11 is 4.51. The first-order valence-corrected chi connectivity index (χ1v) is 5.31. The molecule has 0 radical (unpaired) electrons. The Morgan fingerprint density at radius 2 is 2.06 bits per heavy atom. The number of isothiocyanates is 1. The normalized spacial score (nSPS) is 9.69. The first-order chi connectivity index (χ1) is 7.86. The van der Waals surface area contributed by atoms with Gasteiger partial charge in [0.05, 0.1) is 11.7 Å².